The van der Waals surface area contributed by atoms with Crippen molar-refractivity contribution in [3.05, 3.63) is 29.3 Å². The van der Waals surface area contributed by atoms with Gasteiger partial charge in [-0.3, -0.25) is 4.79 Å². The van der Waals surface area contributed by atoms with Crippen LogP contribution in [0.4, 0.5) is 0 Å². The Balaban J connectivity index is 1.91. The van der Waals surface area contributed by atoms with E-state index in [2.05, 4.69) is 0 Å². The summed E-state index contributed by atoms with van der Waals surface area (Å²) in [5.41, 5.74) is 12.3. The first-order valence-corrected chi connectivity index (χ1v) is 8.91. The van der Waals surface area contributed by atoms with Gasteiger partial charge in [0.15, 0.2) is 0 Å². The van der Waals surface area contributed by atoms with E-state index < -0.39 is 15.9 Å². The second kappa shape index (κ2) is 5.33. The van der Waals surface area contributed by atoms with E-state index in [1.165, 1.54) is 16.4 Å². The van der Waals surface area contributed by atoms with Crippen molar-refractivity contribution in [3.8, 4) is 0 Å². The number of nitrogens with zero attached hydrogens (tertiary/aromatic N) is 1. The molecule has 1 saturated carbocycles. The summed E-state index contributed by atoms with van der Waals surface area (Å²) in [7, 11) is -3.61. The number of hydrogen-bond acceptors (Lipinski definition) is 4. The fraction of sp³-hybridized carbons (Fsp3) is 0.533. The lowest BCUT2D eigenvalue weighted by Crippen LogP contribution is -2.33. The summed E-state index contributed by atoms with van der Waals surface area (Å²) in [6.07, 6.45) is 1.96. The molecule has 1 aromatic rings. The monoisotopic (exact) mass is 323 g/mol. The topological polar surface area (TPSA) is 106 Å². The minimum absolute atomic E-state index is 0.0874. The average molecular weight is 323 g/mol. The quantitative estimate of drug-likeness (QED) is 0.842. The van der Waals surface area contributed by atoms with Crippen LogP contribution in [0.1, 0.15) is 28.8 Å². The summed E-state index contributed by atoms with van der Waals surface area (Å²) in [5, 5.41) is 0. The fourth-order valence-corrected chi connectivity index (χ4v) is 5.20. The van der Waals surface area contributed by atoms with E-state index in [0.29, 0.717) is 24.6 Å². The van der Waals surface area contributed by atoms with Crippen LogP contribution in [0.5, 0.6) is 0 Å². The maximum absolute atomic E-state index is 12.8. The van der Waals surface area contributed by atoms with Crippen molar-refractivity contribution >= 4 is 15.9 Å². The van der Waals surface area contributed by atoms with Gasteiger partial charge >= 0.3 is 0 Å². The van der Waals surface area contributed by atoms with Crippen LogP contribution in [0.3, 0.4) is 0 Å². The molecule has 2 fully saturated rings. The first kappa shape index (κ1) is 15.5. The number of aryl methyl sites for hydroxylation is 1. The van der Waals surface area contributed by atoms with Gasteiger partial charge in [-0.2, -0.15) is 4.31 Å². The lowest BCUT2D eigenvalue weighted by Gasteiger charge is -2.19. The summed E-state index contributed by atoms with van der Waals surface area (Å²) in [6.45, 7) is 2.71. The number of rotatable bonds is 3. The van der Waals surface area contributed by atoms with E-state index in [4.69, 9.17) is 11.5 Å². The van der Waals surface area contributed by atoms with Gasteiger partial charge in [0.05, 0.1) is 4.90 Å². The van der Waals surface area contributed by atoms with Crippen molar-refractivity contribution < 1.29 is 13.2 Å². The van der Waals surface area contributed by atoms with E-state index in [-0.39, 0.29) is 22.4 Å². The van der Waals surface area contributed by atoms with Crippen LogP contribution in [0.2, 0.25) is 0 Å². The molecule has 1 aliphatic carbocycles. The van der Waals surface area contributed by atoms with E-state index in [1.807, 2.05) is 0 Å². The Morgan fingerprint density at radius 2 is 2.00 bits per heavy atom. The molecule has 1 aromatic carbocycles. The zero-order valence-electron chi connectivity index (χ0n) is 12.5. The SMILES string of the molecule is Cc1ccc(S(=O)(=O)N2CC3CCC(N)C3C2)cc1C(N)=O. The highest BCUT2D eigenvalue weighted by molar-refractivity contribution is 7.89. The Hall–Kier alpha value is -1.44. The maximum atomic E-state index is 12.8. The minimum atomic E-state index is -3.61. The molecule has 4 N–H and O–H groups in total. The summed E-state index contributed by atoms with van der Waals surface area (Å²) in [6, 6.07) is 4.62. The van der Waals surface area contributed by atoms with Crippen LogP contribution >= 0.6 is 0 Å². The average Bonchev–Trinajstić information content (AvgIpc) is 3.02. The van der Waals surface area contributed by atoms with Crippen LogP contribution in [0.25, 0.3) is 0 Å². The third-order valence-corrected chi connectivity index (χ3v) is 6.82. The van der Waals surface area contributed by atoms with Crippen LogP contribution in [-0.2, 0) is 10.0 Å². The summed E-state index contributed by atoms with van der Waals surface area (Å²) in [4.78, 5) is 11.5. The molecule has 1 heterocycles. The molecule has 22 heavy (non-hydrogen) atoms. The molecule has 0 spiro atoms. The van der Waals surface area contributed by atoms with Crippen LogP contribution in [-0.4, -0.2) is 37.8 Å². The molecule has 1 aliphatic heterocycles. The number of primary amides is 1. The van der Waals surface area contributed by atoms with Gasteiger partial charge in [-0.05, 0) is 49.3 Å². The molecule has 0 bridgehead atoms. The zero-order valence-corrected chi connectivity index (χ0v) is 13.3. The van der Waals surface area contributed by atoms with Crippen LogP contribution in [0.15, 0.2) is 23.1 Å². The predicted octanol–water partition coefficient (Wildman–Crippen LogP) is 0.452. The Bertz CT molecular complexity index is 717. The molecular weight excluding hydrogens is 302 g/mol. The molecule has 3 atom stereocenters. The third kappa shape index (κ3) is 2.43. The molecule has 7 heteroatoms. The van der Waals surface area contributed by atoms with Gasteiger partial charge in [-0.1, -0.05) is 6.07 Å². The highest BCUT2D eigenvalue weighted by atomic mass is 32.2. The second-order valence-electron chi connectivity index (χ2n) is 6.33. The number of fused-ring (bicyclic) bond motifs is 1. The number of amides is 1. The molecule has 6 nitrogen and oxygen atoms in total. The molecule has 0 aromatic heterocycles. The normalized spacial score (nSPS) is 28.7. The van der Waals surface area contributed by atoms with Crippen molar-refractivity contribution in [3.63, 3.8) is 0 Å². The number of sulfonamides is 1. The highest BCUT2D eigenvalue weighted by Gasteiger charge is 2.45. The van der Waals surface area contributed by atoms with Gasteiger partial charge in [-0.15, -0.1) is 0 Å². The predicted molar refractivity (Wildman–Crippen MR) is 82.6 cm³/mol. The highest BCUT2D eigenvalue weighted by Crippen LogP contribution is 2.39. The second-order valence-corrected chi connectivity index (χ2v) is 8.27. The van der Waals surface area contributed by atoms with Gasteiger partial charge < -0.3 is 11.5 Å². The van der Waals surface area contributed by atoms with Crippen LogP contribution in [0, 0.1) is 18.8 Å². The molecule has 1 saturated heterocycles. The molecule has 0 radical (unpaired) electrons. The van der Waals surface area contributed by atoms with Gasteiger partial charge in [0.1, 0.15) is 0 Å². The Morgan fingerprint density at radius 1 is 1.27 bits per heavy atom. The molecule has 3 rings (SSSR count). The van der Waals surface area contributed by atoms with Gasteiger partial charge in [0.25, 0.3) is 0 Å². The van der Waals surface area contributed by atoms with Crippen molar-refractivity contribution in [2.24, 2.45) is 23.3 Å². The lowest BCUT2D eigenvalue weighted by atomic mass is 9.98. The minimum Gasteiger partial charge on any atom is -0.366 e. The smallest absolute Gasteiger partial charge is 0.249 e. The standard InChI is InChI=1S/C15H21N3O3S/c1-9-2-4-11(6-12(9)15(17)19)22(20,21)18-7-10-3-5-14(16)13(10)8-18/h2,4,6,10,13-14H,3,5,7-8,16H2,1H3,(H2,17,19). The molecule has 3 unspecified atom stereocenters. The molecular formula is C15H21N3O3S. The van der Waals surface area contributed by atoms with Crippen LogP contribution < -0.4 is 11.5 Å². The summed E-state index contributed by atoms with van der Waals surface area (Å²) in [5.74, 6) is -0.0171. The Kier molecular flexibility index (Phi) is 3.74. The van der Waals surface area contributed by atoms with E-state index in [0.717, 1.165) is 12.8 Å². The number of carbonyl (C=O) groups excluding carboxylic acids is 1. The Labute approximate surface area is 130 Å². The molecule has 2 aliphatic rings. The number of benzene rings is 1. The zero-order chi connectivity index (χ0) is 16.1. The number of hydrogen-bond donors (Lipinski definition) is 2. The van der Waals surface area contributed by atoms with Gasteiger partial charge in [0, 0.05) is 24.7 Å². The van der Waals surface area contributed by atoms with E-state index in [1.54, 1.807) is 13.0 Å². The Morgan fingerprint density at radius 3 is 2.64 bits per heavy atom. The lowest BCUT2D eigenvalue weighted by molar-refractivity contribution is 0.0999. The van der Waals surface area contributed by atoms with Crippen molar-refractivity contribution in [1.82, 2.24) is 4.31 Å². The molecule has 120 valence electrons. The van der Waals surface area contributed by atoms with Crippen molar-refractivity contribution in [2.75, 3.05) is 13.1 Å². The first-order valence-electron chi connectivity index (χ1n) is 7.47. The number of nitrogens with two attached hydrogens (primary N) is 2. The van der Waals surface area contributed by atoms with E-state index >= 15 is 0 Å². The fourth-order valence-electron chi connectivity index (χ4n) is 3.64. The largest absolute Gasteiger partial charge is 0.366 e. The van der Waals surface area contributed by atoms with Gasteiger partial charge in [0.2, 0.25) is 15.9 Å². The van der Waals surface area contributed by atoms with Gasteiger partial charge in [-0.25, -0.2) is 8.42 Å². The van der Waals surface area contributed by atoms with E-state index in [9.17, 15) is 13.2 Å². The van der Waals surface area contributed by atoms with Crippen molar-refractivity contribution in [1.29, 1.82) is 0 Å². The third-order valence-electron chi connectivity index (χ3n) is 4.99. The summed E-state index contributed by atoms with van der Waals surface area (Å²) < 4.78 is 27.1. The summed E-state index contributed by atoms with van der Waals surface area (Å²) >= 11 is 0. The molecule has 1 amide bonds. The number of carbonyl (C=O) groups is 1. The van der Waals surface area contributed by atoms with Crippen molar-refractivity contribution in [2.45, 2.75) is 30.7 Å². The first-order chi connectivity index (χ1) is 10.3. The maximum Gasteiger partial charge on any atom is 0.249 e.